The van der Waals surface area contributed by atoms with E-state index in [2.05, 4.69) is 54.5 Å². The van der Waals surface area contributed by atoms with Gasteiger partial charge in [-0.15, -0.1) is 0 Å². The number of rotatable bonds is 1. The van der Waals surface area contributed by atoms with Gasteiger partial charge >= 0.3 is 5.97 Å². The molecule has 5 rings (SSSR count). The van der Waals surface area contributed by atoms with E-state index in [1.165, 1.54) is 5.57 Å². The molecule has 34 heavy (non-hydrogen) atoms. The molecule has 3 N–H and O–H groups in total. The summed E-state index contributed by atoms with van der Waals surface area (Å²) in [7, 11) is 0. The standard InChI is InChI=1S/C30H48O4/c1-17-10-13-30(25(33)34)15-14-28(6)19(23(30)18(17)2)8-9-22-27(5)16-20(31)24(32)26(3,4)21(27)11-12-29(22,28)7/h8,17-18,20-24,31-32H,9-16H2,1-7H3,(H,33,34)/t17-,18+,20+,21+,22-,23+,24+,27+,28-,29-,30?/m1/s1. The van der Waals surface area contributed by atoms with Crippen LogP contribution in [0.3, 0.4) is 0 Å². The molecule has 0 bridgehead atoms. The van der Waals surface area contributed by atoms with E-state index in [0.29, 0.717) is 30.1 Å². The van der Waals surface area contributed by atoms with Gasteiger partial charge in [0, 0.05) is 0 Å². The Morgan fingerprint density at radius 2 is 1.62 bits per heavy atom. The average Bonchev–Trinajstić information content (AvgIpc) is 2.75. The van der Waals surface area contributed by atoms with Gasteiger partial charge < -0.3 is 15.3 Å². The molecular formula is C30H48O4. The maximum absolute atomic E-state index is 12.8. The molecule has 0 aromatic carbocycles. The van der Waals surface area contributed by atoms with E-state index in [0.717, 1.165) is 44.9 Å². The summed E-state index contributed by atoms with van der Waals surface area (Å²) < 4.78 is 0. The van der Waals surface area contributed by atoms with Crippen molar-refractivity contribution in [1.29, 1.82) is 0 Å². The van der Waals surface area contributed by atoms with Crippen LogP contribution in [0.2, 0.25) is 0 Å². The number of hydrogen-bond donors (Lipinski definition) is 3. The Morgan fingerprint density at radius 1 is 0.941 bits per heavy atom. The number of carboxylic acids is 1. The molecule has 0 spiro atoms. The minimum atomic E-state index is -0.679. The summed E-state index contributed by atoms with van der Waals surface area (Å²) in [5.41, 5.74) is 0.574. The molecule has 192 valence electrons. The van der Waals surface area contributed by atoms with Gasteiger partial charge in [-0.3, -0.25) is 4.79 Å². The Kier molecular flexibility index (Phi) is 5.36. The number of aliphatic hydroxyl groups excluding tert-OH is 2. The highest BCUT2D eigenvalue weighted by atomic mass is 16.4. The van der Waals surface area contributed by atoms with Gasteiger partial charge in [0.05, 0.1) is 17.6 Å². The summed E-state index contributed by atoms with van der Waals surface area (Å²) in [6.45, 7) is 16.3. The first-order chi connectivity index (χ1) is 15.7. The molecule has 0 aliphatic heterocycles. The fraction of sp³-hybridized carbons (Fsp3) is 0.900. The number of allylic oxidation sites excluding steroid dienone is 2. The molecule has 0 saturated heterocycles. The summed E-state index contributed by atoms with van der Waals surface area (Å²) >= 11 is 0. The van der Waals surface area contributed by atoms with Crippen molar-refractivity contribution in [2.45, 2.75) is 112 Å². The van der Waals surface area contributed by atoms with Gasteiger partial charge in [-0.25, -0.2) is 0 Å². The number of carboxylic acid groups (broad SMARTS) is 1. The van der Waals surface area contributed by atoms with Crippen LogP contribution in [0.5, 0.6) is 0 Å². The molecule has 1 unspecified atom stereocenters. The van der Waals surface area contributed by atoms with Crippen molar-refractivity contribution in [2.24, 2.45) is 56.7 Å². The fourth-order valence-electron chi connectivity index (χ4n) is 11.0. The van der Waals surface area contributed by atoms with Crippen molar-refractivity contribution in [2.75, 3.05) is 0 Å². The summed E-state index contributed by atoms with van der Waals surface area (Å²) in [6, 6.07) is 0. The van der Waals surface area contributed by atoms with E-state index < -0.39 is 23.6 Å². The highest BCUT2D eigenvalue weighted by Crippen LogP contribution is 2.75. The predicted molar refractivity (Wildman–Crippen MR) is 134 cm³/mol. The minimum Gasteiger partial charge on any atom is -0.481 e. The first-order valence-electron chi connectivity index (χ1n) is 14.0. The van der Waals surface area contributed by atoms with Gasteiger partial charge in [-0.1, -0.05) is 60.1 Å². The van der Waals surface area contributed by atoms with Crippen LogP contribution in [-0.4, -0.2) is 33.5 Å². The lowest BCUT2D eigenvalue weighted by molar-refractivity contribution is -0.232. The lowest BCUT2D eigenvalue weighted by atomic mass is 9.33. The maximum Gasteiger partial charge on any atom is 0.310 e. The number of fused-ring (bicyclic) bond motifs is 7. The van der Waals surface area contributed by atoms with Crippen molar-refractivity contribution in [3.63, 3.8) is 0 Å². The first-order valence-corrected chi connectivity index (χ1v) is 14.0. The third kappa shape index (κ3) is 2.76. The van der Waals surface area contributed by atoms with Crippen LogP contribution in [0.4, 0.5) is 0 Å². The molecule has 11 atom stereocenters. The molecule has 4 nitrogen and oxygen atoms in total. The van der Waals surface area contributed by atoms with E-state index in [-0.39, 0.29) is 27.6 Å². The van der Waals surface area contributed by atoms with Gasteiger partial charge in [0.2, 0.25) is 0 Å². The number of hydrogen-bond acceptors (Lipinski definition) is 3. The van der Waals surface area contributed by atoms with Crippen LogP contribution in [0.15, 0.2) is 11.6 Å². The zero-order valence-corrected chi connectivity index (χ0v) is 22.5. The molecule has 5 aliphatic carbocycles. The summed E-state index contributed by atoms with van der Waals surface area (Å²) in [5, 5.41) is 32.4. The van der Waals surface area contributed by atoms with E-state index in [4.69, 9.17) is 0 Å². The van der Waals surface area contributed by atoms with Crippen LogP contribution in [-0.2, 0) is 4.79 Å². The monoisotopic (exact) mass is 472 g/mol. The fourth-order valence-corrected chi connectivity index (χ4v) is 11.0. The summed E-state index contributed by atoms with van der Waals surface area (Å²) in [4.78, 5) is 12.8. The highest BCUT2D eigenvalue weighted by Gasteiger charge is 2.70. The maximum atomic E-state index is 12.8. The van der Waals surface area contributed by atoms with Gasteiger partial charge in [0.1, 0.15) is 0 Å². The van der Waals surface area contributed by atoms with E-state index in [1.54, 1.807) is 0 Å². The summed E-state index contributed by atoms with van der Waals surface area (Å²) in [6.07, 6.45) is 8.53. The summed E-state index contributed by atoms with van der Waals surface area (Å²) in [5.74, 6) is 1.30. The molecule has 4 fully saturated rings. The van der Waals surface area contributed by atoms with Crippen LogP contribution in [0.1, 0.15) is 99.8 Å². The molecule has 0 amide bonds. The minimum absolute atomic E-state index is 0.00993. The third-order valence-corrected chi connectivity index (χ3v) is 13.4. The highest BCUT2D eigenvalue weighted by molar-refractivity contribution is 5.76. The van der Waals surface area contributed by atoms with Crippen LogP contribution >= 0.6 is 0 Å². The number of carbonyl (C=O) groups is 1. The van der Waals surface area contributed by atoms with Crippen molar-refractivity contribution >= 4 is 5.97 Å². The van der Waals surface area contributed by atoms with E-state index >= 15 is 0 Å². The Labute approximate surface area is 206 Å². The van der Waals surface area contributed by atoms with Crippen LogP contribution in [0, 0.1) is 56.7 Å². The van der Waals surface area contributed by atoms with Crippen LogP contribution < -0.4 is 0 Å². The molecule has 0 aromatic rings. The smallest absolute Gasteiger partial charge is 0.310 e. The number of aliphatic carboxylic acids is 1. The lowest BCUT2D eigenvalue weighted by Gasteiger charge is -2.71. The second-order valence-electron chi connectivity index (χ2n) is 14.6. The topological polar surface area (TPSA) is 77.8 Å². The predicted octanol–water partition coefficient (Wildman–Crippen LogP) is 6.06. The quantitative estimate of drug-likeness (QED) is 0.405. The first kappa shape index (κ1) is 24.8. The molecule has 0 heterocycles. The molecular weight excluding hydrogens is 424 g/mol. The van der Waals surface area contributed by atoms with Gasteiger partial charge in [0.25, 0.3) is 0 Å². The Bertz CT molecular complexity index is 907. The van der Waals surface area contributed by atoms with E-state index in [9.17, 15) is 20.1 Å². The van der Waals surface area contributed by atoms with Gasteiger partial charge in [-0.2, -0.15) is 0 Å². The largest absolute Gasteiger partial charge is 0.481 e. The average molecular weight is 473 g/mol. The van der Waals surface area contributed by atoms with Crippen molar-refractivity contribution in [3.8, 4) is 0 Å². The van der Waals surface area contributed by atoms with Crippen LogP contribution in [0.25, 0.3) is 0 Å². The van der Waals surface area contributed by atoms with E-state index in [1.807, 2.05) is 0 Å². The second kappa shape index (κ2) is 7.34. The van der Waals surface area contributed by atoms with Gasteiger partial charge in [0.15, 0.2) is 0 Å². The third-order valence-electron chi connectivity index (χ3n) is 13.4. The zero-order valence-electron chi connectivity index (χ0n) is 22.5. The van der Waals surface area contributed by atoms with Crippen molar-refractivity contribution in [3.05, 3.63) is 11.6 Å². The second-order valence-corrected chi connectivity index (χ2v) is 14.6. The lowest BCUT2D eigenvalue weighted by Crippen LogP contribution is -2.67. The molecule has 4 saturated carbocycles. The number of aliphatic hydroxyl groups is 2. The Balaban J connectivity index is 1.62. The zero-order chi connectivity index (χ0) is 25.1. The normalized spacial score (nSPS) is 56.3. The molecule has 0 aromatic heterocycles. The molecule has 0 radical (unpaired) electrons. The van der Waals surface area contributed by atoms with Gasteiger partial charge in [-0.05, 0) is 103 Å². The SMILES string of the molecule is C[C@H]1[C@H](C)CCC2(C(=O)O)CC[C@]3(C)C(=CC[C@@H]4[C@@]5(C)C[C@H](O)[C@H](O)C(C)(C)[C@@H]5CC[C@]43C)[C@H]12. The van der Waals surface area contributed by atoms with Crippen molar-refractivity contribution < 1.29 is 20.1 Å². The molecule has 4 heteroatoms. The Morgan fingerprint density at radius 3 is 2.26 bits per heavy atom. The van der Waals surface area contributed by atoms with Crippen molar-refractivity contribution in [1.82, 2.24) is 0 Å². The Hall–Kier alpha value is -0.870. The molecule has 5 aliphatic rings.